The Kier molecular flexibility index (Phi) is 26.7. The average molecular weight is 1030 g/mol. The number of rotatable bonds is 34. The molecule has 4 rings (SSSR count). The number of carbonyl (C=O) groups is 8. The van der Waals surface area contributed by atoms with E-state index in [1.54, 1.807) is 19.1 Å². The van der Waals surface area contributed by atoms with Crippen molar-refractivity contribution in [3.05, 3.63) is 77.0 Å². The Hall–Kier alpha value is -6.80. The smallest absolute Gasteiger partial charge is 0.363 e. The van der Waals surface area contributed by atoms with Crippen molar-refractivity contribution in [2.75, 3.05) is 59.4 Å². The molecule has 0 saturated carbocycles. The van der Waals surface area contributed by atoms with Gasteiger partial charge in [-0.15, -0.1) is 0 Å². The standard InChI is InChI=1S/C54H75N5O15/c1-6-11-15-16-41(44(10-5)59(37-60)74-53(66)39-19-17-38(18-20-39)34-58-25-30-68-31-26-58)50(63)55-36-56-52(65)46-24-23-45(73-46)40-21-22-42(47(32-40)72-35-49(62)70-28-13-8-3)51(64)57-43(54(67)71-29-14-9-4)33-48(61)69-27-12-7-2/h17-24,32,37,41,43-44H,6-16,25-31,33-36H2,1-5H3,(H,55,63)(H,56,65)(H,57,64)/t41-,43+,44-/m1/s1. The number of furan rings is 1. The Morgan fingerprint density at radius 3 is 2.05 bits per heavy atom. The van der Waals surface area contributed by atoms with Gasteiger partial charge in [0.05, 0.1) is 69.2 Å². The van der Waals surface area contributed by atoms with Crippen LogP contribution in [0.3, 0.4) is 0 Å². The minimum Gasteiger partial charge on any atom is -0.481 e. The summed E-state index contributed by atoms with van der Waals surface area (Å²) in [4.78, 5) is 113. The zero-order valence-corrected chi connectivity index (χ0v) is 43.6. The predicted molar refractivity (Wildman–Crippen MR) is 271 cm³/mol. The van der Waals surface area contributed by atoms with E-state index in [1.165, 1.54) is 30.3 Å². The van der Waals surface area contributed by atoms with Crippen LogP contribution in [0, 0.1) is 5.92 Å². The van der Waals surface area contributed by atoms with E-state index in [1.807, 2.05) is 39.8 Å². The van der Waals surface area contributed by atoms with Crippen molar-refractivity contribution in [2.24, 2.45) is 5.92 Å². The van der Waals surface area contributed by atoms with E-state index in [4.69, 9.17) is 32.9 Å². The van der Waals surface area contributed by atoms with Gasteiger partial charge in [0.15, 0.2) is 12.4 Å². The predicted octanol–water partition coefficient (Wildman–Crippen LogP) is 6.69. The van der Waals surface area contributed by atoms with E-state index >= 15 is 0 Å². The molecule has 2 aromatic carbocycles. The number of esters is 3. The first-order valence-corrected chi connectivity index (χ1v) is 25.9. The number of hydrogen-bond acceptors (Lipinski definition) is 16. The largest absolute Gasteiger partial charge is 0.481 e. The van der Waals surface area contributed by atoms with E-state index < -0.39 is 72.6 Å². The van der Waals surface area contributed by atoms with Gasteiger partial charge in [0.1, 0.15) is 17.6 Å². The third-order valence-corrected chi connectivity index (χ3v) is 12.1. The Balaban J connectivity index is 1.45. The van der Waals surface area contributed by atoms with Crippen LogP contribution < -0.4 is 20.7 Å². The number of amides is 4. The molecule has 0 spiro atoms. The number of ether oxygens (including phenoxy) is 5. The highest BCUT2D eigenvalue weighted by atomic mass is 16.7. The summed E-state index contributed by atoms with van der Waals surface area (Å²) in [5.41, 5.74) is 1.49. The lowest BCUT2D eigenvalue weighted by Gasteiger charge is -2.31. The summed E-state index contributed by atoms with van der Waals surface area (Å²) < 4.78 is 33.0. The summed E-state index contributed by atoms with van der Waals surface area (Å²) in [6.07, 6.45) is 7.06. The molecule has 1 aliphatic rings. The molecule has 20 heteroatoms. The van der Waals surface area contributed by atoms with Crippen LogP contribution in [0.15, 0.2) is 59.0 Å². The lowest BCUT2D eigenvalue weighted by Crippen LogP contribution is -2.49. The first-order valence-electron chi connectivity index (χ1n) is 25.9. The van der Waals surface area contributed by atoms with Gasteiger partial charge in [0, 0.05) is 25.2 Å². The zero-order valence-electron chi connectivity index (χ0n) is 43.6. The SMILES string of the molecule is CCCCC[C@@H](C(=O)NCNC(=O)c1ccc(-c2ccc(C(=O)N[C@@H](CC(=O)OCCCC)C(=O)OCCCC)c(OCC(=O)OCCCC)c2)o1)[C@@H](CC)N(C=O)OC(=O)c1ccc(CN2CCOCC2)cc1. The topological polar surface area (TPSA) is 248 Å². The third-order valence-electron chi connectivity index (χ3n) is 12.1. The number of morpholine rings is 1. The number of hydroxylamine groups is 2. The van der Waals surface area contributed by atoms with Gasteiger partial charge in [-0.2, -0.15) is 5.06 Å². The average Bonchev–Trinajstić information content (AvgIpc) is 3.91. The maximum Gasteiger partial charge on any atom is 0.363 e. The maximum atomic E-state index is 13.8. The van der Waals surface area contributed by atoms with E-state index in [0.717, 1.165) is 55.8 Å². The quantitative estimate of drug-likeness (QED) is 0.0141. The summed E-state index contributed by atoms with van der Waals surface area (Å²) in [6.45, 7) is 12.8. The molecule has 4 amide bonds. The van der Waals surface area contributed by atoms with Crippen molar-refractivity contribution in [3.63, 3.8) is 0 Å². The minimum atomic E-state index is -1.40. The molecule has 0 radical (unpaired) electrons. The van der Waals surface area contributed by atoms with Crippen LogP contribution in [0.25, 0.3) is 11.3 Å². The van der Waals surface area contributed by atoms with Gasteiger partial charge < -0.3 is 48.9 Å². The van der Waals surface area contributed by atoms with Crippen molar-refractivity contribution in [2.45, 2.75) is 130 Å². The Labute approximate surface area is 433 Å². The first kappa shape index (κ1) is 59.8. The number of unbranched alkanes of at least 4 members (excludes halogenated alkanes) is 5. The maximum absolute atomic E-state index is 13.8. The molecule has 2 heterocycles. The highest BCUT2D eigenvalue weighted by Gasteiger charge is 2.34. The number of hydrogen-bond donors (Lipinski definition) is 3. The molecule has 1 aromatic heterocycles. The molecule has 1 fully saturated rings. The molecule has 0 unspecified atom stereocenters. The number of nitrogens with one attached hydrogen (secondary N) is 3. The fourth-order valence-electron chi connectivity index (χ4n) is 7.77. The highest BCUT2D eigenvalue weighted by Crippen LogP contribution is 2.30. The second-order valence-corrected chi connectivity index (χ2v) is 17.8. The number of benzene rings is 2. The second-order valence-electron chi connectivity index (χ2n) is 17.8. The van der Waals surface area contributed by atoms with Crippen LogP contribution in [0.4, 0.5) is 0 Å². The minimum absolute atomic E-state index is 0.0849. The Morgan fingerprint density at radius 2 is 1.41 bits per heavy atom. The summed E-state index contributed by atoms with van der Waals surface area (Å²) >= 11 is 0. The molecular weight excluding hydrogens is 959 g/mol. The summed E-state index contributed by atoms with van der Waals surface area (Å²) in [6, 6.07) is 11.9. The van der Waals surface area contributed by atoms with Crippen LogP contribution in [-0.2, 0) is 54.3 Å². The zero-order chi connectivity index (χ0) is 53.7. The van der Waals surface area contributed by atoms with Gasteiger partial charge in [-0.05, 0) is 74.1 Å². The van der Waals surface area contributed by atoms with E-state index in [0.29, 0.717) is 63.8 Å². The third kappa shape index (κ3) is 19.9. The first-order chi connectivity index (χ1) is 35.8. The molecule has 406 valence electrons. The van der Waals surface area contributed by atoms with Gasteiger partial charge >= 0.3 is 23.9 Å². The van der Waals surface area contributed by atoms with Crippen molar-refractivity contribution in [1.29, 1.82) is 0 Å². The summed E-state index contributed by atoms with van der Waals surface area (Å²) in [5, 5.41) is 8.81. The Bertz CT molecular complexity index is 2260. The molecule has 3 N–H and O–H groups in total. The van der Waals surface area contributed by atoms with Gasteiger partial charge in [-0.25, -0.2) is 14.4 Å². The van der Waals surface area contributed by atoms with Crippen molar-refractivity contribution < 1.29 is 71.3 Å². The summed E-state index contributed by atoms with van der Waals surface area (Å²) in [5.74, 6) is -5.79. The van der Waals surface area contributed by atoms with Crippen LogP contribution in [0.5, 0.6) is 5.75 Å². The molecule has 20 nitrogen and oxygen atoms in total. The normalized spacial score (nSPS) is 13.6. The summed E-state index contributed by atoms with van der Waals surface area (Å²) in [7, 11) is 0. The molecule has 1 aliphatic heterocycles. The molecule has 1 saturated heterocycles. The Morgan fingerprint density at radius 1 is 0.743 bits per heavy atom. The van der Waals surface area contributed by atoms with Crippen LogP contribution in [-0.4, -0.2) is 129 Å². The van der Waals surface area contributed by atoms with Gasteiger partial charge in [-0.1, -0.05) is 91.3 Å². The van der Waals surface area contributed by atoms with Gasteiger partial charge in [-0.3, -0.25) is 28.9 Å². The number of carbonyl (C=O) groups excluding carboxylic acids is 8. The van der Waals surface area contributed by atoms with E-state index in [9.17, 15) is 38.4 Å². The second kappa shape index (κ2) is 33.1. The lowest BCUT2D eigenvalue weighted by molar-refractivity contribution is -0.171. The van der Waals surface area contributed by atoms with E-state index in [-0.39, 0.29) is 61.3 Å². The molecule has 0 aliphatic carbocycles. The van der Waals surface area contributed by atoms with Crippen molar-refractivity contribution in [1.82, 2.24) is 25.9 Å². The van der Waals surface area contributed by atoms with Gasteiger partial charge in [0.25, 0.3) is 11.8 Å². The molecule has 3 atom stereocenters. The van der Waals surface area contributed by atoms with E-state index in [2.05, 4.69) is 20.9 Å². The fraction of sp³-hybridized carbons (Fsp3) is 0.556. The molecule has 74 heavy (non-hydrogen) atoms. The van der Waals surface area contributed by atoms with Gasteiger partial charge in [0.2, 0.25) is 12.3 Å². The van der Waals surface area contributed by atoms with Crippen molar-refractivity contribution >= 4 is 48.0 Å². The van der Waals surface area contributed by atoms with Crippen molar-refractivity contribution in [3.8, 4) is 17.1 Å². The fourth-order valence-corrected chi connectivity index (χ4v) is 7.77. The highest BCUT2D eigenvalue weighted by molar-refractivity contribution is 6.00. The monoisotopic (exact) mass is 1030 g/mol. The number of nitrogens with zero attached hydrogens (tertiary/aromatic N) is 2. The van der Waals surface area contributed by atoms with Crippen LogP contribution in [0.2, 0.25) is 0 Å². The molecular formula is C54H75N5O15. The van der Waals surface area contributed by atoms with Crippen LogP contribution in [0.1, 0.15) is 149 Å². The lowest BCUT2D eigenvalue weighted by atomic mass is 9.90. The molecule has 0 bridgehead atoms. The molecule has 3 aromatic rings. The van der Waals surface area contributed by atoms with Crippen LogP contribution >= 0.6 is 0 Å².